The van der Waals surface area contributed by atoms with Gasteiger partial charge in [0, 0.05) is 64.0 Å². The third kappa shape index (κ3) is 5.80. The highest BCUT2D eigenvalue weighted by Crippen LogP contribution is 2.29. The van der Waals surface area contributed by atoms with Gasteiger partial charge in [0.25, 0.3) is 5.91 Å². The molecular weight excluding hydrogens is 452 g/mol. The van der Waals surface area contributed by atoms with E-state index in [1.54, 1.807) is 0 Å². The van der Waals surface area contributed by atoms with Crippen LogP contribution < -0.4 is 5.32 Å². The molecule has 0 aromatic heterocycles. The van der Waals surface area contributed by atoms with Gasteiger partial charge in [-0.2, -0.15) is 0 Å². The number of amides is 2. The Bertz CT molecular complexity index is 1020. The molecule has 3 fully saturated rings. The largest absolute Gasteiger partial charge is 0.377 e. The molecule has 36 heavy (non-hydrogen) atoms. The standard InChI is InChI=1S/C29H38N4O3/c1-22-9-11-24(12-10-22)28(34)33-20-25(18-27(33)29(35)31-15-13-30-14-16-31)32(21-26-8-5-17-36-26)19-23-6-3-2-4-7-23/h2-4,6-7,9-12,25-27,30H,5,8,13-21H2,1H3. The maximum atomic E-state index is 13.7. The molecule has 0 spiro atoms. The average molecular weight is 491 g/mol. The Morgan fingerprint density at radius 2 is 1.81 bits per heavy atom. The molecular formula is C29H38N4O3. The minimum absolute atomic E-state index is 0.0530. The van der Waals surface area contributed by atoms with Gasteiger partial charge in [0.05, 0.1) is 6.10 Å². The molecule has 2 aromatic carbocycles. The Morgan fingerprint density at radius 1 is 1.06 bits per heavy atom. The highest BCUT2D eigenvalue weighted by Gasteiger charge is 2.44. The molecule has 192 valence electrons. The van der Waals surface area contributed by atoms with Gasteiger partial charge in [0.2, 0.25) is 5.91 Å². The first-order valence-corrected chi connectivity index (χ1v) is 13.4. The maximum absolute atomic E-state index is 13.7. The summed E-state index contributed by atoms with van der Waals surface area (Å²) in [5.74, 6) is 0.0269. The number of nitrogens with one attached hydrogen (secondary N) is 1. The van der Waals surface area contributed by atoms with Crippen LogP contribution in [0.25, 0.3) is 0 Å². The van der Waals surface area contributed by atoms with Gasteiger partial charge < -0.3 is 19.9 Å². The van der Waals surface area contributed by atoms with Crippen molar-refractivity contribution in [2.75, 3.05) is 45.9 Å². The van der Waals surface area contributed by atoms with Gasteiger partial charge in [-0.05, 0) is 43.9 Å². The molecule has 3 atom stereocenters. The zero-order valence-corrected chi connectivity index (χ0v) is 21.3. The molecule has 3 aliphatic rings. The number of ether oxygens (including phenoxy) is 1. The third-order valence-corrected chi connectivity index (χ3v) is 7.76. The number of carbonyl (C=O) groups is 2. The van der Waals surface area contributed by atoms with Crippen LogP contribution in [0.1, 0.15) is 40.7 Å². The van der Waals surface area contributed by atoms with Crippen LogP contribution in [-0.4, -0.2) is 90.6 Å². The Kier molecular flexibility index (Phi) is 7.99. The van der Waals surface area contributed by atoms with Crippen LogP contribution >= 0.6 is 0 Å². The van der Waals surface area contributed by atoms with Crippen molar-refractivity contribution in [3.05, 3.63) is 71.3 Å². The molecule has 0 aliphatic carbocycles. The maximum Gasteiger partial charge on any atom is 0.254 e. The van der Waals surface area contributed by atoms with Crippen LogP contribution in [0.5, 0.6) is 0 Å². The molecule has 3 heterocycles. The van der Waals surface area contributed by atoms with Gasteiger partial charge in [-0.25, -0.2) is 0 Å². The molecule has 3 unspecified atom stereocenters. The van der Waals surface area contributed by atoms with E-state index in [4.69, 9.17) is 4.74 Å². The van der Waals surface area contributed by atoms with E-state index in [1.165, 1.54) is 5.56 Å². The van der Waals surface area contributed by atoms with Crippen molar-refractivity contribution >= 4 is 11.8 Å². The van der Waals surface area contributed by atoms with E-state index in [-0.39, 0.29) is 24.0 Å². The molecule has 7 heteroatoms. The summed E-state index contributed by atoms with van der Waals surface area (Å²) in [4.78, 5) is 33.7. The smallest absolute Gasteiger partial charge is 0.254 e. The predicted molar refractivity (Wildman–Crippen MR) is 140 cm³/mol. The average Bonchev–Trinajstić information content (AvgIpc) is 3.59. The molecule has 2 amide bonds. The summed E-state index contributed by atoms with van der Waals surface area (Å²) < 4.78 is 6.00. The van der Waals surface area contributed by atoms with E-state index in [0.29, 0.717) is 31.6 Å². The van der Waals surface area contributed by atoms with E-state index in [2.05, 4.69) is 34.5 Å². The number of hydrogen-bond acceptors (Lipinski definition) is 5. The molecule has 0 saturated carbocycles. The van der Waals surface area contributed by atoms with Crippen molar-refractivity contribution in [2.45, 2.75) is 50.9 Å². The van der Waals surface area contributed by atoms with Crippen LogP contribution in [0.3, 0.4) is 0 Å². The first-order valence-electron chi connectivity index (χ1n) is 13.4. The highest BCUT2D eigenvalue weighted by molar-refractivity contribution is 5.98. The SMILES string of the molecule is Cc1ccc(C(=O)N2CC(N(Cc3ccccc3)CC3CCCO3)CC2C(=O)N2CCNCC2)cc1. The number of benzene rings is 2. The van der Waals surface area contributed by atoms with Crippen molar-refractivity contribution in [3.8, 4) is 0 Å². The van der Waals surface area contributed by atoms with Crippen LogP contribution in [0.2, 0.25) is 0 Å². The Morgan fingerprint density at radius 3 is 2.50 bits per heavy atom. The molecule has 0 radical (unpaired) electrons. The molecule has 5 rings (SSSR count). The fraction of sp³-hybridized carbons (Fsp3) is 0.517. The van der Waals surface area contributed by atoms with E-state index in [9.17, 15) is 9.59 Å². The van der Waals surface area contributed by atoms with E-state index < -0.39 is 6.04 Å². The van der Waals surface area contributed by atoms with Crippen LogP contribution in [0, 0.1) is 6.92 Å². The Hall–Kier alpha value is -2.74. The second kappa shape index (κ2) is 11.5. The lowest BCUT2D eigenvalue weighted by Gasteiger charge is -2.32. The van der Waals surface area contributed by atoms with Crippen molar-refractivity contribution in [1.29, 1.82) is 0 Å². The highest BCUT2D eigenvalue weighted by atomic mass is 16.5. The molecule has 3 saturated heterocycles. The minimum Gasteiger partial charge on any atom is -0.377 e. The number of rotatable bonds is 7. The first kappa shape index (κ1) is 24.9. The third-order valence-electron chi connectivity index (χ3n) is 7.76. The number of likely N-dealkylation sites (tertiary alicyclic amines) is 1. The number of aryl methyl sites for hydroxylation is 1. The van der Waals surface area contributed by atoms with Gasteiger partial charge in [-0.15, -0.1) is 0 Å². The summed E-state index contributed by atoms with van der Waals surface area (Å²) >= 11 is 0. The zero-order valence-electron chi connectivity index (χ0n) is 21.3. The van der Waals surface area contributed by atoms with Crippen molar-refractivity contribution in [2.24, 2.45) is 0 Å². The molecule has 1 N–H and O–H groups in total. The van der Waals surface area contributed by atoms with Gasteiger partial charge >= 0.3 is 0 Å². The summed E-state index contributed by atoms with van der Waals surface area (Å²) in [6.45, 7) is 7.97. The number of piperazine rings is 1. The number of hydrogen-bond donors (Lipinski definition) is 1. The molecule has 7 nitrogen and oxygen atoms in total. The normalized spacial score (nSPS) is 24.4. The fourth-order valence-corrected chi connectivity index (χ4v) is 5.71. The van der Waals surface area contributed by atoms with Crippen LogP contribution in [0.15, 0.2) is 54.6 Å². The van der Waals surface area contributed by atoms with Crippen molar-refractivity contribution < 1.29 is 14.3 Å². The second-order valence-electron chi connectivity index (χ2n) is 10.4. The summed E-state index contributed by atoms with van der Waals surface area (Å²) in [5.41, 5.74) is 3.00. The van der Waals surface area contributed by atoms with Gasteiger partial charge in [0.1, 0.15) is 6.04 Å². The minimum atomic E-state index is -0.440. The quantitative estimate of drug-likeness (QED) is 0.647. The topological polar surface area (TPSA) is 65.1 Å². The van der Waals surface area contributed by atoms with Gasteiger partial charge in [-0.1, -0.05) is 48.0 Å². The molecule has 2 aromatic rings. The lowest BCUT2D eigenvalue weighted by molar-refractivity contribution is -0.135. The first-order chi connectivity index (χ1) is 17.6. The van der Waals surface area contributed by atoms with Crippen molar-refractivity contribution in [1.82, 2.24) is 20.0 Å². The molecule has 3 aliphatic heterocycles. The van der Waals surface area contributed by atoms with E-state index in [0.717, 1.165) is 51.2 Å². The summed E-state index contributed by atoms with van der Waals surface area (Å²) in [6, 6.07) is 17.8. The lowest BCUT2D eigenvalue weighted by Crippen LogP contribution is -2.53. The van der Waals surface area contributed by atoms with Crippen LogP contribution in [0.4, 0.5) is 0 Å². The van der Waals surface area contributed by atoms with Gasteiger partial charge in [-0.3, -0.25) is 14.5 Å². The number of nitrogens with zero attached hydrogens (tertiary/aromatic N) is 3. The second-order valence-corrected chi connectivity index (χ2v) is 10.4. The summed E-state index contributed by atoms with van der Waals surface area (Å²) in [5, 5.41) is 3.32. The summed E-state index contributed by atoms with van der Waals surface area (Å²) in [6.07, 6.45) is 3.02. The number of carbonyl (C=O) groups excluding carboxylic acids is 2. The van der Waals surface area contributed by atoms with E-state index in [1.807, 2.05) is 47.1 Å². The molecule has 0 bridgehead atoms. The Balaban J connectivity index is 1.40. The predicted octanol–water partition coefficient (Wildman–Crippen LogP) is 2.69. The fourth-order valence-electron chi connectivity index (χ4n) is 5.71. The monoisotopic (exact) mass is 490 g/mol. The van der Waals surface area contributed by atoms with Crippen LogP contribution in [-0.2, 0) is 16.1 Å². The zero-order chi connectivity index (χ0) is 24.9. The van der Waals surface area contributed by atoms with E-state index >= 15 is 0 Å². The Labute approximate surface area is 214 Å². The van der Waals surface area contributed by atoms with Gasteiger partial charge in [0.15, 0.2) is 0 Å². The summed E-state index contributed by atoms with van der Waals surface area (Å²) in [7, 11) is 0. The van der Waals surface area contributed by atoms with Crippen molar-refractivity contribution in [3.63, 3.8) is 0 Å². The lowest BCUT2D eigenvalue weighted by atomic mass is 10.1.